The van der Waals surface area contributed by atoms with Crippen LogP contribution in [0, 0.1) is 10.1 Å². The van der Waals surface area contributed by atoms with Crippen molar-refractivity contribution in [1.29, 1.82) is 0 Å². The number of nitrogens with two attached hydrogens (primary N) is 1. The van der Waals surface area contributed by atoms with Gasteiger partial charge in [0.25, 0.3) is 5.91 Å². The fourth-order valence-corrected chi connectivity index (χ4v) is 0.988. The molecule has 0 spiro atoms. The van der Waals surface area contributed by atoms with Crippen molar-refractivity contribution in [2.24, 2.45) is 10.9 Å². The van der Waals surface area contributed by atoms with E-state index in [9.17, 15) is 14.9 Å². The van der Waals surface area contributed by atoms with Crippen LogP contribution < -0.4 is 5.73 Å². The van der Waals surface area contributed by atoms with Crippen molar-refractivity contribution in [3.63, 3.8) is 0 Å². The van der Waals surface area contributed by atoms with Crippen LogP contribution in [0.4, 0.5) is 0 Å². The first-order chi connectivity index (χ1) is 6.93. The summed E-state index contributed by atoms with van der Waals surface area (Å²) >= 11 is 0. The van der Waals surface area contributed by atoms with E-state index in [1.54, 1.807) is 6.92 Å². The zero-order valence-corrected chi connectivity index (χ0v) is 8.51. The standard InChI is InChI=1S/C8H13N3O4/c1-3-6(4-5(2)11(14)15)7(10-13)8(9)12/h4-5,13H,3H2,1-2H3,(H2,9,12). The minimum absolute atomic E-state index is 0.259. The number of nitro groups is 1. The highest BCUT2D eigenvalue weighted by molar-refractivity contribution is 6.44. The molecule has 7 nitrogen and oxygen atoms in total. The Labute approximate surface area is 86.4 Å². The Morgan fingerprint density at radius 2 is 2.27 bits per heavy atom. The Morgan fingerprint density at radius 1 is 1.73 bits per heavy atom. The van der Waals surface area contributed by atoms with Crippen molar-refractivity contribution in [2.75, 3.05) is 0 Å². The first-order valence-electron chi connectivity index (χ1n) is 4.30. The van der Waals surface area contributed by atoms with Crippen LogP contribution in [0.3, 0.4) is 0 Å². The highest BCUT2D eigenvalue weighted by atomic mass is 16.6. The van der Waals surface area contributed by atoms with Gasteiger partial charge in [0.2, 0.25) is 6.04 Å². The van der Waals surface area contributed by atoms with Crippen molar-refractivity contribution < 1.29 is 14.9 Å². The quantitative estimate of drug-likeness (QED) is 0.296. The predicted octanol–water partition coefficient (Wildman–Crippen LogP) is 0.304. The lowest BCUT2D eigenvalue weighted by Crippen LogP contribution is -2.26. The van der Waals surface area contributed by atoms with E-state index in [0.717, 1.165) is 0 Å². The van der Waals surface area contributed by atoms with Gasteiger partial charge in [-0.1, -0.05) is 12.1 Å². The van der Waals surface area contributed by atoms with Crippen LogP contribution in [0.5, 0.6) is 0 Å². The Balaban J connectivity index is 5.06. The lowest BCUT2D eigenvalue weighted by molar-refractivity contribution is -0.504. The lowest BCUT2D eigenvalue weighted by Gasteiger charge is -2.04. The van der Waals surface area contributed by atoms with Crippen LogP contribution in [-0.4, -0.2) is 27.8 Å². The molecule has 1 amide bonds. The number of carbonyl (C=O) groups is 1. The summed E-state index contributed by atoms with van der Waals surface area (Å²) in [4.78, 5) is 20.7. The largest absolute Gasteiger partial charge is 0.410 e. The number of carbonyl (C=O) groups excluding carboxylic acids is 1. The van der Waals surface area contributed by atoms with E-state index >= 15 is 0 Å². The smallest absolute Gasteiger partial charge is 0.271 e. The predicted molar refractivity (Wildman–Crippen MR) is 53.2 cm³/mol. The third-order valence-electron chi connectivity index (χ3n) is 1.79. The summed E-state index contributed by atoms with van der Waals surface area (Å²) in [6, 6.07) is -0.962. The summed E-state index contributed by atoms with van der Waals surface area (Å²) in [6.45, 7) is 3.03. The highest BCUT2D eigenvalue weighted by Gasteiger charge is 2.17. The molecule has 7 heteroatoms. The molecule has 0 rings (SSSR count). The zero-order chi connectivity index (χ0) is 12.0. The fraction of sp³-hybridized carbons (Fsp3) is 0.500. The van der Waals surface area contributed by atoms with Crippen LogP contribution in [0.15, 0.2) is 16.8 Å². The van der Waals surface area contributed by atoms with Gasteiger partial charge in [0.05, 0.1) is 0 Å². The van der Waals surface area contributed by atoms with Gasteiger partial charge < -0.3 is 10.9 Å². The minimum atomic E-state index is -0.962. The average molecular weight is 215 g/mol. The molecular formula is C8H13N3O4. The molecule has 15 heavy (non-hydrogen) atoms. The molecule has 0 aromatic carbocycles. The summed E-state index contributed by atoms with van der Waals surface area (Å²) in [5.41, 5.74) is 4.85. The molecule has 1 unspecified atom stereocenters. The maximum absolute atomic E-state index is 10.8. The van der Waals surface area contributed by atoms with Gasteiger partial charge in [0.15, 0.2) is 5.71 Å². The second kappa shape index (κ2) is 5.74. The molecule has 0 aromatic rings. The van der Waals surface area contributed by atoms with E-state index in [-0.39, 0.29) is 11.3 Å². The molecule has 0 heterocycles. The molecule has 0 aliphatic carbocycles. The zero-order valence-electron chi connectivity index (χ0n) is 8.51. The maximum atomic E-state index is 10.8. The summed E-state index contributed by atoms with van der Waals surface area (Å²) in [6.07, 6.45) is 1.56. The molecule has 0 aromatic heterocycles. The Morgan fingerprint density at radius 3 is 2.53 bits per heavy atom. The third kappa shape index (κ3) is 3.75. The molecule has 0 aliphatic heterocycles. The van der Waals surface area contributed by atoms with E-state index in [2.05, 4.69) is 5.16 Å². The minimum Gasteiger partial charge on any atom is -0.410 e. The van der Waals surface area contributed by atoms with E-state index in [4.69, 9.17) is 10.9 Å². The topological polar surface area (TPSA) is 119 Å². The molecule has 0 radical (unpaired) electrons. The molecule has 0 fully saturated rings. The highest BCUT2D eigenvalue weighted by Crippen LogP contribution is 2.07. The monoisotopic (exact) mass is 215 g/mol. The normalized spacial score (nSPS) is 14.8. The van der Waals surface area contributed by atoms with E-state index < -0.39 is 16.9 Å². The van der Waals surface area contributed by atoms with Crippen LogP contribution in [0.2, 0.25) is 0 Å². The summed E-state index contributed by atoms with van der Waals surface area (Å²) in [5, 5.41) is 21.6. The Hall–Kier alpha value is -1.92. The number of hydrogen-bond acceptors (Lipinski definition) is 5. The lowest BCUT2D eigenvalue weighted by atomic mass is 10.1. The Bertz CT molecular complexity index is 322. The van der Waals surface area contributed by atoms with Crippen molar-refractivity contribution in [3.05, 3.63) is 21.8 Å². The fourth-order valence-electron chi connectivity index (χ4n) is 0.988. The second-order valence-corrected chi connectivity index (χ2v) is 2.88. The first kappa shape index (κ1) is 13.1. The Kier molecular flexibility index (Phi) is 5.00. The van der Waals surface area contributed by atoms with Gasteiger partial charge in [-0.05, 0) is 18.1 Å². The summed E-state index contributed by atoms with van der Waals surface area (Å²) in [5.74, 6) is -0.916. The van der Waals surface area contributed by atoms with Crippen molar-refractivity contribution in [2.45, 2.75) is 26.3 Å². The van der Waals surface area contributed by atoms with Crippen molar-refractivity contribution in [1.82, 2.24) is 0 Å². The van der Waals surface area contributed by atoms with Gasteiger partial charge in [-0.3, -0.25) is 14.9 Å². The number of primary amides is 1. The van der Waals surface area contributed by atoms with Crippen molar-refractivity contribution in [3.8, 4) is 0 Å². The summed E-state index contributed by atoms with van der Waals surface area (Å²) in [7, 11) is 0. The average Bonchev–Trinajstić information content (AvgIpc) is 2.16. The van der Waals surface area contributed by atoms with E-state index in [1.807, 2.05) is 0 Å². The number of oxime groups is 1. The number of amides is 1. The van der Waals surface area contributed by atoms with Gasteiger partial charge in [0, 0.05) is 11.8 Å². The summed E-state index contributed by atoms with van der Waals surface area (Å²) < 4.78 is 0. The van der Waals surface area contributed by atoms with Crippen LogP contribution in [0.1, 0.15) is 20.3 Å². The third-order valence-corrected chi connectivity index (χ3v) is 1.79. The van der Waals surface area contributed by atoms with Crippen LogP contribution in [-0.2, 0) is 4.79 Å². The van der Waals surface area contributed by atoms with Gasteiger partial charge in [-0.25, -0.2) is 0 Å². The molecule has 3 N–H and O–H groups in total. The molecule has 0 aliphatic rings. The molecule has 0 saturated heterocycles. The van der Waals surface area contributed by atoms with E-state index in [0.29, 0.717) is 6.42 Å². The van der Waals surface area contributed by atoms with Gasteiger partial charge in [0.1, 0.15) is 0 Å². The van der Waals surface area contributed by atoms with Crippen LogP contribution in [0.25, 0.3) is 0 Å². The van der Waals surface area contributed by atoms with Gasteiger partial charge in [-0.2, -0.15) is 0 Å². The molecule has 0 bridgehead atoms. The van der Waals surface area contributed by atoms with E-state index in [1.165, 1.54) is 13.0 Å². The van der Waals surface area contributed by atoms with Gasteiger partial charge in [-0.15, -0.1) is 0 Å². The van der Waals surface area contributed by atoms with Crippen molar-refractivity contribution >= 4 is 11.6 Å². The second-order valence-electron chi connectivity index (χ2n) is 2.88. The molecular weight excluding hydrogens is 202 g/mol. The number of nitrogens with zero attached hydrogens (tertiary/aromatic N) is 2. The number of rotatable bonds is 5. The SMILES string of the molecule is CCC(=CC(C)[N+](=O)[O-])C(=NO)C(N)=O. The molecule has 1 atom stereocenters. The van der Waals surface area contributed by atoms with Gasteiger partial charge >= 0.3 is 0 Å². The molecule has 84 valence electrons. The van der Waals surface area contributed by atoms with Crippen LogP contribution >= 0.6 is 0 Å². The molecule has 0 saturated carbocycles. The number of hydrogen-bond donors (Lipinski definition) is 2. The maximum Gasteiger partial charge on any atom is 0.271 e. The first-order valence-corrected chi connectivity index (χ1v) is 4.30.